The Balaban J connectivity index is 1.23. The van der Waals surface area contributed by atoms with Crippen LogP contribution in [0.2, 0.25) is 0 Å². The first-order valence-corrected chi connectivity index (χ1v) is 11.9. The maximum absolute atomic E-state index is 13.7. The van der Waals surface area contributed by atoms with Gasteiger partial charge in [-0.2, -0.15) is 0 Å². The number of amides is 1. The first kappa shape index (κ1) is 22.5. The van der Waals surface area contributed by atoms with E-state index in [4.69, 9.17) is 0 Å². The molecule has 0 saturated carbocycles. The van der Waals surface area contributed by atoms with Gasteiger partial charge in [-0.05, 0) is 56.5 Å². The first-order valence-electron chi connectivity index (χ1n) is 11.9. The maximum Gasteiger partial charge on any atom is 0.269 e. The lowest BCUT2D eigenvalue weighted by Gasteiger charge is -2.42. The molecule has 1 atom stereocenters. The van der Waals surface area contributed by atoms with Crippen molar-refractivity contribution >= 4 is 22.5 Å². The van der Waals surface area contributed by atoms with E-state index in [-0.39, 0.29) is 23.2 Å². The van der Waals surface area contributed by atoms with Crippen LogP contribution < -0.4 is 15.8 Å². The lowest BCUT2D eigenvalue weighted by Crippen LogP contribution is -2.48. The SMILES string of the molecule is CNC(=O)c1ccc(N2CCC(N3CCCC(c4nc5cc(F)ccc5c(=O)[nH]4)C3)CC2)cn1. The van der Waals surface area contributed by atoms with Crippen LogP contribution in [-0.2, 0) is 0 Å². The van der Waals surface area contributed by atoms with Gasteiger partial charge in [0.05, 0.1) is 22.8 Å². The zero-order valence-corrected chi connectivity index (χ0v) is 19.3. The molecule has 5 rings (SSSR count). The molecule has 0 bridgehead atoms. The molecule has 8 nitrogen and oxygen atoms in total. The van der Waals surface area contributed by atoms with Crippen molar-refractivity contribution < 1.29 is 9.18 Å². The van der Waals surface area contributed by atoms with E-state index < -0.39 is 0 Å². The molecule has 0 aliphatic carbocycles. The van der Waals surface area contributed by atoms with Gasteiger partial charge in [0, 0.05) is 44.7 Å². The number of H-pyrrole nitrogens is 1. The molecular weight excluding hydrogens is 435 g/mol. The summed E-state index contributed by atoms with van der Waals surface area (Å²) in [4.78, 5) is 40.9. The van der Waals surface area contributed by atoms with Crippen molar-refractivity contribution in [3.63, 3.8) is 0 Å². The fraction of sp³-hybridized carbons (Fsp3) is 0.440. The number of carbonyl (C=O) groups excluding carboxylic acids is 1. The number of aromatic amines is 1. The predicted octanol–water partition coefficient (Wildman–Crippen LogP) is 2.67. The molecule has 178 valence electrons. The Kier molecular flexibility index (Phi) is 6.28. The molecule has 2 saturated heterocycles. The number of nitrogens with zero attached hydrogens (tertiary/aromatic N) is 4. The van der Waals surface area contributed by atoms with Crippen LogP contribution in [0.4, 0.5) is 10.1 Å². The highest BCUT2D eigenvalue weighted by Gasteiger charge is 2.30. The minimum absolute atomic E-state index is 0.133. The monoisotopic (exact) mass is 464 g/mol. The van der Waals surface area contributed by atoms with Gasteiger partial charge in [-0.3, -0.25) is 14.5 Å². The number of carbonyl (C=O) groups is 1. The number of anilines is 1. The second-order valence-electron chi connectivity index (χ2n) is 9.15. The summed E-state index contributed by atoms with van der Waals surface area (Å²) in [6.45, 7) is 3.74. The summed E-state index contributed by atoms with van der Waals surface area (Å²) in [6, 6.07) is 8.31. The molecule has 9 heteroatoms. The number of halogens is 1. The van der Waals surface area contributed by atoms with E-state index in [0.29, 0.717) is 28.5 Å². The van der Waals surface area contributed by atoms with Crippen molar-refractivity contribution in [1.29, 1.82) is 0 Å². The van der Waals surface area contributed by atoms with Gasteiger partial charge in [0.1, 0.15) is 17.3 Å². The fourth-order valence-electron chi connectivity index (χ4n) is 5.21. The molecule has 0 spiro atoms. The number of piperidine rings is 2. The van der Waals surface area contributed by atoms with Crippen LogP contribution in [0.3, 0.4) is 0 Å². The van der Waals surface area contributed by atoms with Crippen molar-refractivity contribution in [3.8, 4) is 0 Å². The molecule has 2 aliphatic heterocycles. The van der Waals surface area contributed by atoms with Gasteiger partial charge in [0.15, 0.2) is 0 Å². The molecule has 1 unspecified atom stereocenters. The Morgan fingerprint density at radius 2 is 1.97 bits per heavy atom. The van der Waals surface area contributed by atoms with Gasteiger partial charge in [-0.1, -0.05) is 0 Å². The van der Waals surface area contributed by atoms with Crippen LogP contribution in [-0.4, -0.2) is 65.0 Å². The van der Waals surface area contributed by atoms with E-state index in [1.54, 1.807) is 19.3 Å². The minimum atomic E-state index is -0.382. The van der Waals surface area contributed by atoms with Crippen molar-refractivity contribution in [1.82, 2.24) is 25.2 Å². The summed E-state index contributed by atoms with van der Waals surface area (Å²) in [5.74, 6) is 0.227. The zero-order valence-electron chi connectivity index (χ0n) is 19.3. The van der Waals surface area contributed by atoms with Gasteiger partial charge in [0.2, 0.25) is 0 Å². The van der Waals surface area contributed by atoms with Crippen molar-refractivity contribution in [2.45, 2.75) is 37.6 Å². The van der Waals surface area contributed by atoms with Crippen LogP contribution >= 0.6 is 0 Å². The highest BCUT2D eigenvalue weighted by Crippen LogP contribution is 2.30. The summed E-state index contributed by atoms with van der Waals surface area (Å²) in [7, 11) is 1.60. The van der Waals surface area contributed by atoms with Crippen molar-refractivity contribution in [2.75, 3.05) is 38.1 Å². The van der Waals surface area contributed by atoms with E-state index >= 15 is 0 Å². The summed E-state index contributed by atoms with van der Waals surface area (Å²) < 4.78 is 13.7. The Hall–Kier alpha value is -3.33. The fourth-order valence-corrected chi connectivity index (χ4v) is 5.21. The van der Waals surface area contributed by atoms with E-state index in [2.05, 4.69) is 30.1 Å². The molecule has 4 heterocycles. The third kappa shape index (κ3) is 4.52. The summed E-state index contributed by atoms with van der Waals surface area (Å²) in [5, 5.41) is 3.01. The van der Waals surface area contributed by atoms with Gasteiger partial charge in [-0.15, -0.1) is 0 Å². The molecule has 2 aliphatic rings. The number of benzene rings is 1. The van der Waals surface area contributed by atoms with E-state index in [0.717, 1.165) is 57.5 Å². The Morgan fingerprint density at radius 1 is 1.15 bits per heavy atom. The molecule has 2 N–H and O–H groups in total. The average molecular weight is 465 g/mol. The predicted molar refractivity (Wildman–Crippen MR) is 129 cm³/mol. The van der Waals surface area contributed by atoms with Gasteiger partial charge in [-0.25, -0.2) is 14.4 Å². The summed E-state index contributed by atoms with van der Waals surface area (Å²) in [5.41, 5.74) is 1.66. The van der Waals surface area contributed by atoms with Gasteiger partial charge < -0.3 is 15.2 Å². The average Bonchev–Trinajstić information content (AvgIpc) is 2.88. The highest BCUT2D eigenvalue weighted by atomic mass is 19.1. The third-order valence-electron chi connectivity index (χ3n) is 7.08. The lowest BCUT2D eigenvalue weighted by atomic mass is 9.93. The van der Waals surface area contributed by atoms with Crippen molar-refractivity contribution in [3.05, 3.63) is 64.2 Å². The standard InChI is InChI=1S/C25H29FN6O2/c1-27-25(34)21-7-5-19(14-28-21)31-11-8-18(9-12-31)32-10-2-3-16(15-32)23-29-22-13-17(26)4-6-20(22)24(33)30-23/h4-7,13-14,16,18H,2-3,8-12,15H2,1H3,(H,27,34)(H,29,30,33). The number of hydrogen-bond donors (Lipinski definition) is 2. The van der Waals surface area contributed by atoms with E-state index in [1.165, 1.54) is 18.2 Å². The Labute approximate surface area is 197 Å². The van der Waals surface area contributed by atoms with E-state index in [1.807, 2.05) is 6.07 Å². The molecule has 34 heavy (non-hydrogen) atoms. The summed E-state index contributed by atoms with van der Waals surface area (Å²) >= 11 is 0. The first-order chi connectivity index (χ1) is 16.5. The van der Waals surface area contributed by atoms with Gasteiger partial charge in [0.25, 0.3) is 11.5 Å². The number of aromatic nitrogens is 3. The van der Waals surface area contributed by atoms with Crippen LogP contribution in [0.25, 0.3) is 10.9 Å². The highest BCUT2D eigenvalue weighted by molar-refractivity contribution is 5.92. The number of rotatable bonds is 4. The second-order valence-corrected chi connectivity index (χ2v) is 9.15. The molecule has 1 amide bonds. The van der Waals surface area contributed by atoms with Crippen LogP contribution in [0.5, 0.6) is 0 Å². The minimum Gasteiger partial charge on any atom is -0.370 e. The Morgan fingerprint density at radius 3 is 2.71 bits per heavy atom. The molecule has 2 fully saturated rings. The largest absolute Gasteiger partial charge is 0.370 e. The topological polar surface area (TPSA) is 94.2 Å². The second kappa shape index (κ2) is 9.50. The quantitative estimate of drug-likeness (QED) is 0.617. The van der Waals surface area contributed by atoms with Crippen molar-refractivity contribution in [2.24, 2.45) is 0 Å². The summed E-state index contributed by atoms with van der Waals surface area (Å²) in [6.07, 6.45) is 5.85. The maximum atomic E-state index is 13.7. The number of pyridine rings is 1. The zero-order chi connectivity index (χ0) is 23.7. The molecule has 1 aromatic carbocycles. The molecule has 3 aromatic rings. The normalized spacial score (nSPS) is 19.9. The third-order valence-corrected chi connectivity index (χ3v) is 7.08. The van der Waals surface area contributed by atoms with Crippen LogP contribution in [0.15, 0.2) is 41.3 Å². The van der Waals surface area contributed by atoms with Crippen LogP contribution in [0.1, 0.15) is 47.9 Å². The molecule has 2 aromatic heterocycles. The number of fused-ring (bicyclic) bond motifs is 1. The van der Waals surface area contributed by atoms with Gasteiger partial charge >= 0.3 is 0 Å². The number of hydrogen-bond acceptors (Lipinski definition) is 6. The van der Waals surface area contributed by atoms with Crippen LogP contribution in [0, 0.1) is 5.82 Å². The number of nitrogens with one attached hydrogen (secondary N) is 2. The molecule has 0 radical (unpaired) electrons. The molecular formula is C25H29FN6O2. The lowest BCUT2D eigenvalue weighted by molar-refractivity contribution is 0.0958. The number of likely N-dealkylation sites (tertiary alicyclic amines) is 1. The Bertz CT molecular complexity index is 1240. The van der Waals surface area contributed by atoms with E-state index in [9.17, 15) is 14.0 Å². The smallest absolute Gasteiger partial charge is 0.269 e.